The fraction of sp³-hybridized carbons (Fsp3) is 0.400. The van der Waals surface area contributed by atoms with E-state index in [0.717, 1.165) is 18.5 Å². The standard InChI is InChI=1S/C15H16N2O2/c18-15(19)17-8-9-7-12-10(4-2-6-16-12)11-3-1-5-13(17)14(9)11/h1,3,5,8,10,12,16H,2,4,6-7H2,(H,18,19)/t10-,12-/m1/s1. The van der Waals surface area contributed by atoms with Crippen molar-refractivity contribution in [2.75, 3.05) is 6.54 Å². The highest BCUT2D eigenvalue weighted by Crippen LogP contribution is 2.41. The first-order valence-corrected chi connectivity index (χ1v) is 6.85. The van der Waals surface area contributed by atoms with Gasteiger partial charge in [-0.2, -0.15) is 0 Å². The number of aromatic nitrogens is 1. The first-order valence-electron chi connectivity index (χ1n) is 6.85. The summed E-state index contributed by atoms with van der Waals surface area (Å²) >= 11 is 0. The maximum Gasteiger partial charge on any atom is 0.416 e. The smallest absolute Gasteiger partial charge is 0.416 e. The molecule has 2 atom stereocenters. The number of fused-ring (bicyclic) bond motifs is 2. The van der Waals surface area contributed by atoms with Gasteiger partial charge in [0.05, 0.1) is 5.52 Å². The lowest BCUT2D eigenvalue weighted by Gasteiger charge is -2.36. The van der Waals surface area contributed by atoms with E-state index in [1.807, 2.05) is 12.1 Å². The molecular formula is C15H16N2O2. The molecule has 0 bridgehead atoms. The number of benzene rings is 1. The van der Waals surface area contributed by atoms with Crippen molar-refractivity contribution < 1.29 is 9.90 Å². The third kappa shape index (κ3) is 1.46. The highest BCUT2D eigenvalue weighted by Gasteiger charge is 2.33. The zero-order chi connectivity index (χ0) is 13.0. The summed E-state index contributed by atoms with van der Waals surface area (Å²) in [5, 5.41) is 14.1. The van der Waals surface area contributed by atoms with E-state index in [2.05, 4.69) is 11.4 Å². The van der Waals surface area contributed by atoms with E-state index in [9.17, 15) is 9.90 Å². The Morgan fingerprint density at radius 1 is 1.42 bits per heavy atom. The van der Waals surface area contributed by atoms with Crippen molar-refractivity contribution in [3.63, 3.8) is 0 Å². The molecule has 1 saturated heterocycles. The van der Waals surface area contributed by atoms with Crippen molar-refractivity contribution in [1.82, 2.24) is 9.88 Å². The maximum absolute atomic E-state index is 11.3. The Hall–Kier alpha value is -1.81. The number of nitrogens with zero attached hydrogens (tertiary/aromatic N) is 1. The number of piperidine rings is 1. The normalized spacial score (nSPS) is 25.3. The van der Waals surface area contributed by atoms with Crippen molar-refractivity contribution in [3.05, 3.63) is 35.5 Å². The monoisotopic (exact) mass is 256 g/mol. The van der Waals surface area contributed by atoms with Gasteiger partial charge in [0, 0.05) is 23.5 Å². The van der Waals surface area contributed by atoms with Gasteiger partial charge < -0.3 is 10.4 Å². The second-order valence-electron chi connectivity index (χ2n) is 5.56. The fourth-order valence-electron chi connectivity index (χ4n) is 3.80. The summed E-state index contributed by atoms with van der Waals surface area (Å²) in [7, 11) is 0. The Morgan fingerprint density at radius 3 is 3.16 bits per heavy atom. The number of hydrogen-bond donors (Lipinski definition) is 2. The molecule has 1 aliphatic carbocycles. The minimum Gasteiger partial charge on any atom is -0.464 e. The number of carbonyl (C=O) groups is 1. The highest BCUT2D eigenvalue weighted by atomic mass is 16.4. The van der Waals surface area contributed by atoms with Crippen LogP contribution in [0.5, 0.6) is 0 Å². The summed E-state index contributed by atoms with van der Waals surface area (Å²) in [6.45, 7) is 1.08. The molecular weight excluding hydrogens is 240 g/mol. The largest absolute Gasteiger partial charge is 0.464 e. The zero-order valence-electron chi connectivity index (χ0n) is 10.6. The van der Waals surface area contributed by atoms with Crippen molar-refractivity contribution >= 4 is 17.0 Å². The minimum absolute atomic E-state index is 0.469. The van der Waals surface area contributed by atoms with Crippen LogP contribution in [0.25, 0.3) is 10.9 Å². The second-order valence-corrected chi connectivity index (χ2v) is 5.56. The molecule has 0 saturated carbocycles. The summed E-state index contributed by atoms with van der Waals surface area (Å²) in [6, 6.07) is 6.53. The van der Waals surface area contributed by atoms with E-state index in [4.69, 9.17) is 0 Å². The molecule has 4 rings (SSSR count). The molecule has 2 N–H and O–H groups in total. The molecule has 0 radical (unpaired) electrons. The molecule has 2 heterocycles. The second kappa shape index (κ2) is 3.84. The molecule has 1 aromatic carbocycles. The molecule has 1 aromatic heterocycles. The first-order chi connectivity index (χ1) is 9.25. The van der Waals surface area contributed by atoms with Gasteiger partial charge in [0.25, 0.3) is 0 Å². The van der Waals surface area contributed by atoms with E-state index in [1.165, 1.54) is 33.9 Å². The van der Waals surface area contributed by atoms with Crippen LogP contribution in [0.15, 0.2) is 24.4 Å². The summed E-state index contributed by atoms with van der Waals surface area (Å²) in [4.78, 5) is 11.3. The lowest BCUT2D eigenvalue weighted by Crippen LogP contribution is -2.43. The minimum atomic E-state index is -0.897. The molecule has 2 aromatic rings. The lowest BCUT2D eigenvalue weighted by molar-refractivity contribution is 0.197. The Kier molecular flexibility index (Phi) is 2.23. The lowest BCUT2D eigenvalue weighted by atomic mass is 9.76. The highest BCUT2D eigenvalue weighted by molar-refractivity contribution is 5.94. The predicted molar refractivity (Wildman–Crippen MR) is 72.8 cm³/mol. The quantitative estimate of drug-likeness (QED) is 0.761. The van der Waals surface area contributed by atoms with Crippen LogP contribution in [0.1, 0.15) is 29.9 Å². The Morgan fingerprint density at radius 2 is 2.32 bits per heavy atom. The SMILES string of the molecule is O=C(O)n1cc2c3c(cccc31)[C@H]1CCCN[C@@H]1C2. The molecule has 0 unspecified atom stereocenters. The van der Waals surface area contributed by atoms with Crippen LogP contribution in [-0.4, -0.2) is 28.4 Å². The third-order valence-electron chi connectivity index (χ3n) is 4.57. The third-order valence-corrected chi connectivity index (χ3v) is 4.57. The Balaban J connectivity index is 1.99. The molecule has 4 nitrogen and oxygen atoms in total. The van der Waals surface area contributed by atoms with Crippen LogP contribution < -0.4 is 5.32 Å². The summed E-state index contributed by atoms with van der Waals surface area (Å²) in [5.74, 6) is 0.537. The van der Waals surface area contributed by atoms with Gasteiger partial charge in [0.1, 0.15) is 0 Å². The van der Waals surface area contributed by atoms with Crippen molar-refractivity contribution in [2.45, 2.75) is 31.2 Å². The van der Waals surface area contributed by atoms with Crippen LogP contribution >= 0.6 is 0 Å². The average molecular weight is 256 g/mol. The Labute approximate surface area is 111 Å². The number of hydrogen-bond acceptors (Lipinski definition) is 2. The van der Waals surface area contributed by atoms with Gasteiger partial charge in [-0.25, -0.2) is 4.79 Å². The van der Waals surface area contributed by atoms with E-state index in [-0.39, 0.29) is 0 Å². The predicted octanol–water partition coefficient (Wildman–Crippen LogP) is 2.56. The van der Waals surface area contributed by atoms with Gasteiger partial charge in [-0.1, -0.05) is 12.1 Å². The zero-order valence-corrected chi connectivity index (χ0v) is 10.6. The Bertz CT molecular complexity index is 674. The van der Waals surface area contributed by atoms with Crippen molar-refractivity contribution in [3.8, 4) is 0 Å². The summed E-state index contributed by atoms with van der Waals surface area (Å²) in [5.41, 5.74) is 3.34. The first kappa shape index (κ1) is 11.1. The van der Waals surface area contributed by atoms with Crippen molar-refractivity contribution in [2.24, 2.45) is 0 Å². The molecule has 2 aliphatic rings. The van der Waals surface area contributed by atoms with Gasteiger partial charge in [-0.3, -0.25) is 4.57 Å². The molecule has 0 amide bonds. The van der Waals surface area contributed by atoms with Crippen LogP contribution in [0.2, 0.25) is 0 Å². The van der Waals surface area contributed by atoms with Crippen LogP contribution in [0.3, 0.4) is 0 Å². The van der Waals surface area contributed by atoms with E-state index >= 15 is 0 Å². The van der Waals surface area contributed by atoms with Crippen LogP contribution in [0, 0.1) is 0 Å². The van der Waals surface area contributed by atoms with Gasteiger partial charge in [0.2, 0.25) is 0 Å². The van der Waals surface area contributed by atoms with E-state index in [1.54, 1.807) is 6.20 Å². The van der Waals surface area contributed by atoms with Crippen molar-refractivity contribution in [1.29, 1.82) is 0 Å². The van der Waals surface area contributed by atoms with Crippen LogP contribution in [0.4, 0.5) is 4.79 Å². The molecule has 19 heavy (non-hydrogen) atoms. The summed E-state index contributed by atoms with van der Waals surface area (Å²) < 4.78 is 1.37. The van der Waals surface area contributed by atoms with E-state index < -0.39 is 6.09 Å². The molecule has 1 fully saturated rings. The molecule has 1 aliphatic heterocycles. The number of rotatable bonds is 0. The average Bonchev–Trinajstić information content (AvgIpc) is 2.80. The van der Waals surface area contributed by atoms with Gasteiger partial charge in [-0.05, 0) is 43.0 Å². The molecule has 98 valence electrons. The number of nitrogens with one attached hydrogen (secondary N) is 1. The summed E-state index contributed by atoms with van der Waals surface area (Å²) in [6.07, 6.45) is 4.24. The van der Waals surface area contributed by atoms with Crippen LogP contribution in [-0.2, 0) is 6.42 Å². The van der Waals surface area contributed by atoms with Gasteiger partial charge in [0.15, 0.2) is 0 Å². The number of carboxylic acid groups (broad SMARTS) is 1. The van der Waals surface area contributed by atoms with Gasteiger partial charge in [-0.15, -0.1) is 0 Å². The maximum atomic E-state index is 11.3. The van der Waals surface area contributed by atoms with E-state index in [0.29, 0.717) is 12.0 Å². The fourth-order valence-corrected chi connectivity index (χ4v) is 3.80. The molecule has 4 heteroatoms. The topological polar surface area (TPSA) is 54.3 Å². The molecule has 0 spiro atoms. The van der Waals surface area contributed by atoms with Gasteiger partial charge >= 0.3 is 6.09 Å².